The van der Waals surface area contributed by atoms with Crippen molar-refractivity contribution < 1.29 is 13.6 Å². The number of carbonyl (C=O) groups excluding carboxylic acids is 1. The van der Waals surface area contributed by atoms with Crippen LogP contribution in [0.25, 0.3) is 0 Å². The first-order chi connectivity index (χ1) is 8.65. The number of hydrogen-bond acceptors (Lipinski definition) is 3. The fourth-order valence-corrected chi connectivity index (χ4v) is 2.02. The molecule has 0 aliphatic rings. The van der Waals surface area contributed by atoms with Gasteiger partial charge in [0.25, 0.3) is 5.91 Å². The molecule has 2 aromatic rings. The zero-order valence-electron chi connectivity index (χ0n) is 9.32. The van der Waals surface area contributed by atoms with Gasteiger partial charge in [-0.15, -0.1) is 11.3 Å². The van der Waals surface area contributed by atoms with Gasteiger partial charge in [-0.3, -0.25) is 4.79 Å². The molecule has 2 rings (SSSR count). The van der Waals surface area contributed by atoms with Crippen molar-refractivity contribution in [1.82, 2.24) is 10.3 Å². The van der Waals surface area contributed by atoms with E-state index in [0.29, 0.717) is 24.2 Å². The minimum atomic E-state index is -0.615. The summed E-state index contributed by atoms with van der Waals surface area (Å²) in [6.45, 7) is 0.305. The molecule has 0 saturated heterocycles. The molecule has 1 aromatic heterocycles. The third-order valence-corrected chi connectivity index (χ3v) is 2.87. The van der Waals surface area contributed by atoms with Gasteiger partial charge in [-0.2, -0.15) is 0 Å². The Labute approximate surface area is 106 Å². The van der Waals surface area contributed by atoms with Gasteiger partial charge in [0, 0.05) is 18.0 Å². The summed E-state index contributed by atoms with van der Waals surface area (Å²) < 4.78 is 25.8. The number of nitrogens with zero attached hydrogens (tertiary/aromatic N) is 1. The van der Waals surface area contributed by atoms with E-state index in [9.17, 15) is 13.6 Å². The number of amides is 1. The zero-order chi connectivity index (χ0) is 13.0. The van der Waals surface area contributed by atoms with Gasteiger partial charge in [0.2, 0.25) is 0 Å². The SMILES string of the molecule is O=C(NCCc1cc(F)cc(F)c1)c1cscn1. The predicted octanol–water partition coefficient (Wildman–Crippen LogP) is 2.39. The van der Waals surface area contributed by atoms with Gasteiger partial charge in [0.05, 0.1) is 5.51 Å². The average molecular weight is 268 g/mol. The van der Waals surface area contributed by atoms with Crippen LogP contribution in [-0.2, 0) is 6.42 Å². The Hall–Kier alpha value is -1.82. The number of aromatic nitrogens is 1. The topological polar surface area (TPSA) is 42.0 Å². The van der Waals surface area contributed by atoms with Crippen LogP contribution in [0.3, 0.4) is 0 Å². The molecule has 0 bridgehead atoms. The number of halogens is 2. The van der Waals surface area contributed by atoms with Crippen LogP contribution in [0.1, 0.15) is 16.1 Å². The van der Waals surface area contributed by atoms with Crippen LogP contribution in [0, 0.1) is 11.6 Å². The summed E-state index contributed by atoms with van der Waals surface area (Å²) in [4.78, 5) is 15.4. The maximum Gasteiger partial charge on any atom is 0.270 e. The first-order valence-electron chi connectivity index (χ1n) is 5.26. The molecule has 0 spiro atoms. The molecule has 1 heterocycles. The second-order valence-corrected chi connectivity index (χ2v) is 4.38. The zero-order valence-corrected chi connectivity index (χ0v) is 10.1. The number of rotatable bonds is 4. The van der Waals surface area contributed by atoms with Crippen LogP contribution < -0.4 is 5.32 Å². The third kappa shape index (κ3) is 3.33. The van der Waals surface area contributed by atoms with Gasteiger partial charge in [-0.05, 0) is 24.1 Å². The molecule has 18 heavy (non-hydrogen) atoms. The van der Waals surface area contributed by atoms with Crippen LogP contribution in [-0.4, -0.2) is 17.4 Å². The number of thiazole rings is 1. The molecule has 1 aromatic carbocycles. The highest BCUT2D eigenvalue weighted by atomic mass is 32.1. The smallest absolute Gasteiger partial charge is 0.270 e. The highest BCUT2D eigenvalue weighted by Crippen LogP contribution is 2.08. The molecule has 0 fully saturated rings. The Balaban J connectivity index is 1.87. The minimum absolute atomic E-state index is 0.284. The van der Waals surface area contributed by atoms with Crippen molar-refractivity contribution in [1.29, 1.82) is 0 Å². The lowest BCUT2D eigenvalue weighted by molar-refractivity contribution is 0.0950. The fourth-order valence-electron chi connectivity index (χ4n) is 1.49. The summed E-state index contributed by atoms with van der Waals surface area (Å²) in [5.41, 5.74) is 2.42. The maximum atomic E-state index is 12.9. The van der Waals surface area contributed by atoms with E-state index in [1.807, 2.05) is 0 Å². The maximum absolute atomic E-state index is 12.9. The van der Waals surface area contributed by atoms with E-state index in [2.05, 4.69) is 10.3 Å². The van der Waals surface area contributed by atoms with Crippen molar-refractivity contribution in [3.8, 4) is 0 Å². The summed E-state index contributed by atoms with van der Waals surface area (Å²) in [5, 5.41) is 4.27. The highest BCUT2D eigenvalue weighted by molar-refractivity contribution is 7.07. The Morgan fingerprint density at radius 1 is 1.28 bits per heavy atom. The Morgan fingerprint density at radius 2 is 2.00 bits per heavy atom. The van der Waals surface area contributed by atoms with Crippen LogP contribution in [0.15, 0.2) is 29.1 Å². The summed E-state index contributed by atoms with van der Waals surface area (Å²) in [5.74, 6) is -1.51. The van der Waals surface area contributed by atoms with Gasteiger partial charge >= 0.3 is 0 Å². The van der Waals surface area contributed by atoms with E-state index >= 15 is 0 Å². The van der Waals surface area contributed by atoms with Crippen molar-refractivity contribution in [2.75, 3.05) is 6.54 Å². The van der Waals surface area contributed by atoms with Crippen LogP contribution in [0.5, 0.6) is 0 Å². The second kappa shape index (κ2) is 5.68. The molecular weight excluding hydrogens is 258 g/mol. The van der Waals surface area contributed by atoms with Crippen molar-refractivity contribution in [2.24, 2.45) is 0 Å². The first kappa shape index (κ1) is 12.6. The monoisotopic (exact) mass is 268 g/mol. The van der Waals surface area contributed by atoms with Crippen molar-refractivity contribution in [2.45, 2.75) is 6.42 Å². The van der Waals surface area contributed by atoms with Gasteiger partial charge in [-0.1, -0.05) is 0 Å². The Bertz CT molecular complexity index is 523. The molecule has 0 atom stereocenters. The predicted molar refractivity (Wildman–Crippen MR) is 64.5 cm³/mol. The molecule has 0 aliphatic carbocycles. The fraction of sp³-hybridized carbons (Fsp3) is 0.167. The second-order valence-electron chi connectivity index (χ2n) is 3.66. The molecule has 0 aliphatic heterocycles. The third-order valence-electron chi connectivity index (χ3n) is 2.29. The summed E-state index contributed by atoms with van der Waals surface area (Å²) >= 11 is 1.33. The summed E-state index contributed by atoms with van der Waals surface area (Å²) in [6, 6.07) is 3.31. The molecule has 6 heteroatoms. The summed E-state index contributed by atoms with van der Waals surface area (Å²) in [6.07, 6.45) is 0.366. The van der Waals surface area contributed by atoms with E-state index in [0.717, 1.165) is 6.07 Å². The van der Waals surface area contributed by atoms with Crippen molar-refractivity contribution >= 4 is 17.2 Å². The molecule has 3 nitrogen and oxygen atoms in total. The number of nitrogens with one attached hydrogen (secondary N) is 1. The van der Waals surface area contributed by atoms with E-state index in [1.54, 1.807) is 10.9 Å². The number of hydrogen-bond donors (Lipinski definition) is 1. The van der Waals surface area contributed by atoms with Gasteiger partial charge in [0.15, 0.2) is 0 Å². The van der Waals surface area contributed by atoms with Crippen molar-refractivity contribution in [3.63, 3.8) is 0 Å². The van der Waals surface area contributed by atoms with Gasteiger partial charge in [-0.25, -0.2) is 13.8 Å². The van der Waals surface area contributed by atoms with Crippen LogP contribution >= 0.6 is 11.3 Å². The van der Waals surface area contributed by atoms with Gasteiger partial charge in [0.1, 0.15) is 17.3 Å². The lowest BCUT2D eigenvalue weighted by Crippen LogP contribution is -2.25. The molecule has 0 radical (unpaired) electrons. The van der Waals surface area contributed by atoms with Crippen molar-refractivity contribution in [3.05, 3.63) is 52.0 Å². The standard InChI is InChI=1S/C12H10F2N2OS/c13-9-3-8(4-10(14)5-9)1-2-15-12(17)11-6-18-7-16-11/h3-7H,1-2H2,(H,15,17). The Morgan fingerprint density at radius 3 is 2.61 bits per heavy atom. The largest absolute Gasteiger partial charge is 0.350 e. The minimum Gasteiger partial charge on any atom is -0.350 e. The molecule has 1 amide bonds. The van der Waals surface area contributed by atoms with E-state index in [4.69, 9.17) is 0 Å². The lowest BCUT2D eigenvalue weighted by atomic mass is 10.1. The molecule has 0 unspecified atom stereocenters. The number of benzene rings is 1. The normalized spacial score (nSPS) is 10.3. The first-order valence-corrected chi connectivity index (χ1v) is 6.21. The molecule has 0 saturated carbocycles. The van der Waals surface area contributed by atoms with Crippen LogP contribution in [0.2, 0.25) is 0 Å². The highest BCUT2D eigenvalue weighted by Gasteiger charge is 2.07. The average Bonchev–Trinajstić information content (AvgIpc) is 2.80. The van der Waals surface area contributed by atoms with E-state index in [1.165, 1.54) is 23.5 Å². The van der Waals surface area contributed by atoms with E-state index < -0.39 is 11.6 Å². The van der Waals surface area contributed by atoms with E-state index in [-0.39, 0.29) is 5.91 Å². The summed E-state index contributed by atoms with van der Waals surface area (Å²) in [7, 11) is 0. The molecular formula is C12H10F2N2OS. The van der Waals surface area contributed by atoms with Gasteiger partial charge < -0.3 is 5.32 Å². The van der Waals surface area contributed by atoms with Crippen LogP contribution in [0.4, 0.5) is 8.78 Å². The number of carbonyl (C=O) groups is 1. The quantitative estimate of drug-likeness (QED) is 0.925. The molecule has 94 valence electrons. The Kier molecular flexibility index (Phi) is 3.99. The lowest BCUT2D eigenvalue weighted by Gasteiger charge is -2.04. The molecule has 1 N–H and O–H groups in total.